The molecule has 0 unspecified atom stereocenters. The first kappa shape index (κ1) is 14.5. The van der Waals surface area contributed by atoms with Gasteiger partial charge in [-0.1, -0.05) is 0 Å². The largest absolute Gasteiger partial charge is 0.319 e. The zero-order valence-electron chi connectivity index (χ0n) is 12.0. The second-order valence-corrected chi connectivity index (χ2v) is 4.64. The summed E-state index contributed by atoms with van der Waals surface area (Å²) in [6, 6.07) is 8.28. The Morgan fingerprint density at radius 3 is 2.33 bits per heavy atom. The highest BCUT2D eigenvalue weighted by molar-refractivity contribution is 6.47. The summed E-state index contributed by atoms with van der Waals surface area (Å²) in [5, 5.41) is 15.4. The Morgan fingerprint density at radius 1 is 1.24 bits per heavy atom. The summed E-state index contributed by atoms with van der Waals surface area (Å²) in [6.07, 6.45) is 0. The highest BCUT2D eigenvalue weighted by Gasteiger charge is 2.23. The summed E-state index contributed by atoms with van der Waals surface area (Å²) in [5.41, 5.74) is 2.44. The zero-order valence-corrected chi connectivity index (χ0v) is 12.0. The number of benzene rings is 1. The van der Waals surface area contributed by atoms with E-state index in [1.165, 1.54) is 0 Å². The van der Waals surface area contributed by atoms with Gasteiger partial charge in [-0.3, -0.25) is 14.3 Å². The van der Waals surface area contributed by atoms with Crippen molar-refractivity contribution in [2.75, 3.05) is 5.32 Å². The van der Waals surface area contributed by atoms with E-state index in [0.29, 0.717) is 28.2 Å². The number of nitriles is 1. The number of anilines is 1. The lowest BCUT2D eigenvalue weighted by Gasteiger charge is -2.05. The van der Waals surface area contributed by atoms with Gasteiger partial charge in [-0.15, -0.1) is 0 Å². The van der Waals surface area contributed by atoms with Crippen LogP contribution in [0.3, 0.4) is 0 Å². The molecule has 0 atom stereocenters. The Morgan fingerprint density at radius 2 is 1.86 bits per heavy atom. The van der Waals surface area contributed by atoms with E-state index in [2.05, 4.69) is 10.4 Å². The zero-order chi connectivity index (χ0) is 15.6. The number of nitrogens with zero attached hydrogens (tertiary/aromatic N) is 3. The van der Waals surface area contributed by atoms with Crippen LogP contribution in [0, 0.1) is 25.2 Å². The molecule has 0 aliphatic heterocycles. The molecule has 0 fully saturated rings. The Hall–Kier alpha value is -2.94. The lowest BCUT2D eigenvalue weighted by molar-refractivity contribution is -0.112. The van der Waals surface area contributed by atoms with Crippen molar-refractivity contribution in [3.05, 3.63) is 46.8 Å². The van der Waals surface area contributed by atoms with E-state index in [0.717, 1.165) is 0 Å². The van der Waals surface area contributed by atoms with Gasteiger partial charge in [0.2, 0.25) is 0 Å². The maximum atomic E-state index is 12.2. The van der Waals surface area contributed by atoms with Crippen molar-refractivity contribution in [1.82, 2.24) is 9.78 Å². The molecule has 6 heteroatoms. The average Bonchev–Trinajstić information content (AvgIpc) is 2.72. The highest BCUT2D eigenvalue weighted by atomic mass is 16.2. The van der Waals surface area contributed by atoms with Crippen LogP contribution in [0.1, 0.15) is 27.3 Å². The molecule has 6 nitrogen and oxygen atoms in total. The van der Waals surface area contributed by atoms with E-state index in [1.807, 2.05) is 6.07 Å². The van der Waals surface area contributed by atoms with Crippen molar-refractivity contribution in [2.45, 2.75) is 13.8 Å². The molecule has 0 radical (unpaired) electrons. The predicted octanol–water partition coefficient (Wildman–Crippen LogP) is 1.73. The second-order valence-electron chi connectivity index (χ2n) is 4.64. The summed E-state index contributed by atoms with van der Waals surface area (Å²) >= 11 is 0. The minimum absolute atomic E-state index is 0.323. The number of Topliss-reactive ketones (excluding diaryl/α,β-unsaturated/α-hetero) is 1. The second kappa shape index (κ2) is 5.59. The van der Waals surface area contributed by atoms with Crippen LogP contribution in [0.4, 0.5) is 5.69 Å². The Labute approximate surface area is 122 Å². The molecule has 0 bridgehead atoms. The van der Waals surface area contributed by atoms with Crippen LogP contribution in [0.15, 0.2) is 24.3 Å². The number of rotatable bonds is 3. The number of aromatic nitrogens is 2. The average molecular weight is 282 g/mol. The molecule has 0 spiro atoms. The summed E-state index contributed by atoms with van der Waals surface area (Å²) in [4.78, 5) is 24.2. The fourth-order valence-corrected chi connectivity index (χ4v) is 2.03. The van der Waals surface area contributed by atoms with E-state index in [4.69, 9.17) is 5.26 Å². The van der Waals surface area contributed by atoms with Gasteiger partial charge in [0.15, 0.2) is 0 Å². The SMILES string of the molecule is Cc1nn(C)c(C)c1C(=O)C(=O)Nc1ccc(C#N)cc1. The van der Waals surface area contributed by atoms with Crippen molar-refractivity contribution in [3.8, 4) is 6.07 Å². The van der Waals surface area contributed by atoms with Crippen molar-refractivity contribution in [1.29, 1.82) is 5.26 Å². The van der Waals surface area contributed by atoms with Crippen molar-refractivity contribution >= 4 is 17.4 Å². The number of hydrogen-bond donors (Lipinski definition) is 1. The summed E-state index contributed by atoms with van der Waals surface area (Å²) in [5.74, 6) is -1.35. The number of nitrogens with one attached hydrogen (secondary N) is 1. The number of carbonyl (C=O) groups is 2. The van der Waals surface area contributed by atoms with Gasteiger partial charge in [-0.05, 0) is 38.1 Å². The summed E-state index contributed by atoms with van der Waals surface area (Å²) in [6.45, 7) is 3.43. The Balaban J connectivity index is 2.20. The molecular formula is C15H14N4O2. The van der Waals surface area contributed by atoms with E-state index in [1.54, 1.807) is 49.8 Å². The smallest absolute Gasteiger partial charge is 0.296 e. The van der Waals surface area contributed by atoms with E-state index in [-0.39, 0.29) is 0 Å². The molecule has 0 saturated carbocycles. The highest BCUT2D eigenvalue weighted by Crippen LogP contribution is 2.14. The van der Waals surface area contributed by atoms with Crippen LogP contribution in [-0.2, 0) is 11.8 Å². The Kier molecular flexibility index (Phi) is 3.85. The number of hydrogen-bond acceptors (Lipinski definition) is 4. The van der Waals surface area contributed by atoms with Gasteiger partial charge in [0.1, 0.15) is 0 Å². The minimum atomic E-state index is -0.723. The summed E-state index contributed by atoms with van der Waals surface area (Å²) in [7, 11) is 1.72. The first-order valence-electron chi connectivity index (χ1n) is 6.30. The summed E-state index contributed by atoms with van der Waals surface area (Å²) < 4.78 is 1.57. The van der Waals surface area contributed by atoms with Crippen molar-refractivity contribution < 1.29 is 9.59 Å². The molecule has 0 aliphatic carbocycles. The standard InChI is InChI=1S/C15H14N4O2/c1-9-13(10(2)19(3)18-9)14(20)15(21)17-12-6-4-11(8-16)5-7-12/h4-7H,1-3H3,(H,17,21). The van der Waals surface area contributed by atoms with Gasteiger partial charge in [0, 0.05) is 18.4 Å². The van der Waals surface area contributed by atoms with E-state index >= 15 is 0 Å². The van der Waals surface area contributed by atoms with Gasteiger partial charge >= 0.3 is 0 Å². The monoisotopic (exact) mass is 282 g/mol. The molecule has 1 aromatic carbocycles. The lowest BCUT2D eigenvalue weighted by atomic mass is 10.1. The number of carbonyl (C=O) groups excluding carboxylic acids is 2. The van der Waals surface area contributed by atoms with Crippen molar-refractivity contribution in [2.24, 2.45) is 7.05 Å². The molecular weight excluding hydrogens is 268 g/mol. The number of aryl methyl sites for hydroxylation is 2. The normalized spacial score (nSPS) is 10.0. The van der Waals surface area contributed by atoms with Crippen LogP contribution >= 0.6 is 0 Å². The fraction of sp³-hybridized carbons (Fsp3) is 0.200. The quantitative estimate of drug-likeness (QED) is 0.686. The molecule has 0 saturated heterocycles. The topological polar surface area (TPSA) is 87.8 Å². The van der Waals surface area contributed by atoms with Crippen LogP contribution in [0.5, 0.6) is 0 Å². The van der Waals surface area contributed by atoms with E-state index < -0.39 is 11.7 Å². The molecule has 1 amide bonds. The van der Waals surface area contributed by atoms with Gasteiger partial charge in [0.05, 0.1) is 22.9 Å². The molecule has 1 heterocycles. The van der Waals surface area contributed by atoms with Crippen LogP contribution in [-0.4, -0.2) is 21.5 Å². The lowest BCUT2D eigenvalue weighted by Crippen LogP contribution is -2.24. The predicted molar refractivity (Wildman–Crippen MR) is 76.8 cm³/mol. The molecule has 0 aliphatic rings. The van der Waals surface area contributed by atoms with Gasteiger partial charge < -0.3 is 5.32 Å². The van der Waals surface area contributed by atoms with Crippen molar-refractivity contribution in [3.63, 3.8) is 0 Å². The fourth-order valence-electron chi connectivity index (χ4n) is 2.03. The third-order valence-corrected chi connectivity index (χ3v) is 3.21. The molecule has 106 valence electrons. The van der Waals surface area contributed by atoms with Crippen LogP contribution < -0.4 is 5.32 Å². The molecule has 21 heavy (non-hydrogen) atoms. The molecule has 1 N–H and O–H groups in total. The van der Waals surface area contributed by atoms with Gasteiger partial charge in [-0.2, -0.15) is 10.4 Å². The van der Waals surface area contributed by atoms with E-state index in [9.17, 15) is 9.59 Å². The maximum Gasteiger partial charge on any atom is 0.296 e. The van der Waals surface area contributed by atoms with Crippen LogP contribution in [0.25, 0.3) is 0 Å². The maximum absolute atomic E-state index is 12.2. The minimum Gasteiger partial charge on any atom is -0.319 e. The molecule has 2 aromatic rings. The van der Waals surface area contributed by atoms with Crippen LogP contribution in [0.2, 0.25) is 0 Å². The Bertz CT molecular complexity index is 751. The molecule has 1 aromatic heterocycles. The number of ketones is 1. The third-order valence-electron chi connectivity index (χ3n) is 3.21. The molecule has 2 rings (SSSR count). The third kappa shape index (κ3) is 2.82. The first-order chi connectivity index (χ1) is 9.93. The van der Waals surface area contributed by atoms with Gasteiger partial charge in [0.25, 0.3) is 11.7 Å². The number of amides is 1. The van der Waals surface area contributed by atoms with Gasteiger partial charge in [-0.25, -0.2) is 0 Å². The first-order valence-corrected chi connectivity index (χ1v) is 6.30.